The highest BCUT2D eigenvalue weighted by atomic mass is 35.5. The first kappa shape index (κ1) is 19.9. The van der Waals surface area contributed by atoms with Gasteiger partial charge in [0.15, 0.2) is 0 Å². The Kier molecular flexibility index (Phi) is 5.68. The number of halogens is 1. The van der Waals surface area contributed by atoms with Crippen LogP contribution in [0.4, 0.5) is 0 Å². The van der Waals surface area contributed by atoms with E-state index in [-0.39, 0.29) is 11.3 Å². The summed E-state index contributed by atoms with van der Waals surface area (Å²) in [5.74, 6) is -1.52. The van der Waals surface area contributed by atoms with Gasteiger partial charge in [0.25, 0.3) is 11.7 Å². The van der Waals surface area contributed by atoms with Crippen molar-refractivity contribution in [3.8, 4) is 0 Å². The predicted molar refractivity (Wildman–Crippen MR) is 117 cm³/mol. The lowest BCUT2D eigenvalue weighted by molar-refractivity contribution is -0.139. The first-order chi connectivity index (χ1) is 14.6. The molecule has 0 bridgehead atoms. The first-order valence-corrected chi connectivity index (χ1v) is 10.1. The molecule has 1 aliphatic rings. The number of likely N-dealkylation sites (tertiary alicyclic amines) is 1. The summed E-state index contributed by atoms with van der Waals surface area (Å²) in [6.45, 7) is 0.329. The van der Waals surface area contributed by atoms with Gasteiger partial charge in [-0.1, -0.05) is 90.5 Å². The molecule has 0 spiro atoms. The molecule has 1 atom stereocenters. The van der Waals surface area contributed by atoms with E-state index in [1.54, 1.807) is 48.5 Å². The smallest absolute Gasteiger partial charge is 0.295 e. The summed E-state index contributed by atoms with van der Waals surface area (Å²) in [6, 6.07) is 24.9. The molecule has 1 saturated heterocycles. The van der Waals surface area contributed by atoms with Gasteiger partial charge in [0.2, 0.25) is 0 Å². The monoisotopic (exact) mass is 417 g/mol. The minimum atomic E-state index is -0.748. The van der Waals surface area contributed by atoms with Crippen LogP contribution in [0.3, 0.4) is 0 Å². The maximum Gasteiger partial charge on any atom is 0.295 e. The fraction of sp³-hybridized carbons (Fsp3) is 0.120. The molecule has 4 rings (SSSR count). The quantitative estimate of drug-likeness (QED) is 0.361. The molecule has 1 aliphatic heterocycles. The molecule has 150 valence electrons. The van der Waals surface area contributed by atoms with Crippen molar-refractivity contribution in [2.24, 2.45) is 0 Å². The summed E-state index contributed by atoms with van der Waals surface area (Å²) in [4.78, 5) is 27.4. The second-order valence-corrected chi connectivity index (χ2v) is 7.52. The van der Waals surface area contributed by atoms with E-state index in [1.165, 1.54) is 4.90 Å². The molecule has 0 unspecified atom stereocenters. The second kappa shape index (κ2) is 8.56. The zero-order valence-corrected chi connectivity index (χ0v) is 16.9. The van der Waals surface area contributed by atoms with Crippen molar-refractivity contribution < 1.29 is 14.7 Å². The van der Waals surface area contributed by atoms with Crippen LogP contribution in [0.2, 0.25) is 5.02 Å². The molecule has 3 aromatic carbocycles. The van der Waals surface area contributed by atoms with Gasteiger partial charge in [-0.25, -0.2) is 0 Å². The topological polar surface area (TPSA) is 57.6 Å². The van der Waals surface area contributed by atoms with Gasteiger partial charge in [0, 0.05) is 17.1 Å². The third kappa shape index (κ3) is 3.74. The van der Waals surface area contributed by atoms with E-state index in [4.69, 9.17) is 11.6 Å². The Balaban J connectivity index is 1.80. The molecule has 0 radical (unpaired) electrons. The summed E-state index contributed by atoms with van der Waals surface area (Å²) in [5, 5.41) is 11.4. The molecule has 0 saturated carbocycles. The Bertz CT molecular complexity index is 1110. The van der Waals surface area contributed by atoms with Gasteiger partial charge in [-0.05, 0) is 23.6 Å². The number of aliphatic hydroxyl groups excluding tert-OH is 1. The molecule has 0 aliphatic carbocycles. The number of nitrogens with zero attached hydrogens (tertiary/aromatic N) is 1. The molecule has 1 amide bonds. The Morgan fingerprint density at radius 3 is 2.13 bits per heavy atom. The Hall–Kier alpha value is -3.37. The Morgan fingerprint density at radius 2 is 1.47 bits per heavy atom. The summed E-state index contributed by atoms with van der Waals surface area (Å²) < 4.78 is 0. The van der Waals surface area contributed by atoms with E-state index in [2.05, 4.69) is 0 Å². The van der Waals surface area contributed by atoms with Gasteiger partial charge in [-0.15, -0.1) is 0 Å². The number of hydrogen-bond donors (Lipinski definition) is 1. The number of Topliss-reactive ketones (excluding diaryl/α,β-unsaturated/α-hetero) is 1. The van der Waals surface area contributed by atoms with Crippen LogP contribution in [0, 0.1) is 0 Å². The van der Waals surface area contributed by atoms with E-state index in [0.717, 1.165) is 5.56 Å². The standard InChI is InChI=1S/C25H20ClNO3/c26-20-14-8-7-13-19(20)22-21(23(28)18-11-5-2-6-12-18)24(29)25(30)27(22)16-15-17-9-3-1-4-10-17/h1-14,22,28H,15-16H2/t22-/m0/s1. The molecular weight excluding hydrogens is 398 g/mol. The van der Waals surface area contributed by atoms with Gasteiger partial charge in [0.05, 0.1) is 11.6 Å². The van der Waals surface area contributed by atoms with Crippen molar-refractivity contribution in [1.82, 2.24) is 4.90 Å². The number of carbonyl (C=O) groups excluding carboxylic acids is 2. The number of rotatable bonds is 5. The van der Waals surface area contributed by atoms with E-state index in [1.807, 2.05) is 36.4 Å². The fourth-order valence-corrected chi connectivity index (χ4v) is 4.02. The van der Waals surface area contributed by atoms with Gasteiger partial charge < -0.3 is 10.0 Å². The van der Waals surface area contributed by atoms with Crippen LogP contribution in [0.15, 0.2) is 90.5 Å². The third-order valence-corrected chi connectivity index (χ3v) is 5.62. The maximum absolute atomic E-state index is 13.0. The average molecular weight is 418 g/mol. The Morgan fingerprint density at radius 1 is 0.867 bits per heavy atom. The van der Waals surface area contributed by atoms with Crippen LogP contribution in [-0.2, 0) is 16.0 Å². The van der Waals surface area contributed by atoms with E-state index >= 15 is 0 Å². The molecule has 1 N–H and O–H groups in total. The van der Waals surface area contributed by atoms with Crippen molar-refractivity contribution in [2.75, 3.05) is 6.54 Å². The number of hydrogen-bond acceptors (Lipinski definition) is 3. The van der Waals surface area contributed by atoms with Gasteiger partial charge >= 0.3 is 0 Å². The lowest BCUT2D eigenvalue weighted by Gasteiger charge is -2.26. The lowest BCUT2D eigenvalue weighted by Crippen LogP contribution is -2.31. The molecule has 3 aromatic rings. The van der Waals surface area contributed by atoms with Crippen molar-refractivity contribution in [2.45, 2.75) is 12.5 Å². The fourth-order valence-electron chi connectivity index (χ4n) is 3.78. The van der Waals surface area contributed by atoms with Crippen LogP contribution in [0.1, 0.15) is 22.7 Å². The second-order valence-electron chi connectivity index (χ2n) is 7.12. The normalized spacial score (nSPS) is 18.0. The average Bonchev–Trinajstić information content (AvgIpc) is 3.03. The summed E-state index contributed by atoms with van der Waals surface area (Å²) in [7, 11) is 0. The minimum absolute atomic E-state index is 0.0624. The molecule has 1 heterocycles. The highest BCUT2D eigenvalue weighted by Gasteiger charge is 2.46. The SMILES string of the molecule is O=C1C(=O)N(CCc2ccccc2)[C@@H](c2ccccc2Cl)C1=C(O)c1ccccc1. The molecule has 30 heavy (non-hydrogen) atoms. The minimum Gasteiger partial charge on any atom is -0.507 e. The van der Waals surface area contributed by atoms with Gasteiger partial charge in [-0.3, -0.25) is 9.59 Å². The number of benzene rings is 3. The zero-order valence-electron chi connectivity index (χ0n) is 16.2. The molecule has 0 aromatic heterocycles. The van der Waals surface area contributed by atoms with Crippen molar-refractivity contribution in [3.05, 3.63) is 112 Å². The van der Waals surface area contributed by atoms with Crippen molar-refractivity contribution in [3.63, 3.8) is 0 Å². The first-order valence-electron chi connectivity index (χ1n) is 9.70. The number of amides is 1. The number of ketones is 1. The van der Waals surface area contributed by atoms with Crippen LogP contribution in [0.5, 0.6) is 0 Å². The van der Waals surface area contributed by atoms with Crippen LogP contribution < -0.4 is 0 Å². The predicted octanol–water partition coefficient (Wildman–Crippen LogP) is 5.00. The molecular formula is C25H20ClNO3. The van der Waals surface area contributed by atoms with Crippen LogP contribution in [0.25, 0.3) is 5.76 Å². The Labute approximate surface area is 180 Å². The maximum atomic E-state index is 13.0. The van der Waals surface area contributed by atoms with Crippen molar-refractivity contribution >= 4 is 29.1 Å². The highest BCUT2D eigenvalue weighted by molar-refractivity contribution is 6.47. The van der Waals surface area contributed by atoms with Gasteiger partial charge in [0.1, 0.15) is 5.76 Å². The van der Waals surface area contributed by atoms with E-state index in [9.17, 15) is 14.7 Å². The lowest BCUT2D eigenvalue weighted by atomic mass is 9.95. The number of carbonyl (C=O) groups is 2. The highest BCUT2D eigenvalue weighted by Crippen LogP contribution is 2.41. The summed E-state index contributed by atoms with van der Waals surface area (Å²) >= 11 is 6.44. The summed E-state index contributed by atoms with van der Waals surface area (Å²) in [5.41, 5.74) is 2.22. The third-order valence-electron chi connectivity index (χ3n) is 5.27. The van der Waals surface area contributed by atoms with Crippen LogP contribution >= 0.6 is 11.6 Å². The van der Waals surface area contributed by atoms with E-state index < -0.39 is 17.7 Å². The van der Waals surface area contributed by atoms with Crippen molar-refractivity contribution in [1.29, 1.82) is 0 Å². The van der Waals surface area contributed by atoms with Gasteiger partial charge in [-0.2, -0.15) is 0 Å². The largest absolute Gasteiger partial charge is 0.507 e. The summed E-state index contributed by atoms with van der Waals surface area (Å²) in [6.07, 6.45) is 0.584. The molecule has 4 nitrogen and oxygen atoms in total. The van der Waals surface area contributed by atoms with E-state index in [0.29, 0.717) is 29.1 Å². The van der Waals surface area contributed by atoms with Crippen LogP contribution in [-0.4, -0.2) is 28.2 Å². The molecule has 5 heteroatoms. The zero-order chi connectivity index (χ0) is 21.1. The molecule has 1 fully saturated rings. The number of aliphatic hydroxyl groups is 1.